The Hall–Kier alpha value is -2.82. The van der Waals surface area contributed by atoms with Crippen LogP contribution >= 0.6 is 0 Å². The highest BCUT2D eigenvalue weighted by Gasteiger charge is 2.13. The van der Waals surface area contributed by atoms with Crippen LogP contribution in [-0.2, 0) is 16.1 Å². The van der Waals surface area contributed by atoms with Crippen molar-refractivity contribution >= 4 is 18.1 Å². The number of benzene rings is 2. The van der Waals surface area contributed by atoms with Crippen molar-refractivity contribution in [3.05, 3.63) is 59.7 Å². The first-order valence-corrected chi connectivity index (χ1v) is 6.34. The molecular formula is C16H15NO4. The molecule has 0 fully saturated rings. The van der Waals surface area contributed by atoms with Gasteiger partial charge in [0.2, 0.25) is 6.41 Å². The van der Waals surface area contributed by atoms with Crippen molar-refractivity contribution in [3.63, 3.8) is 0 Å². The van der Waals surface area contributed by atoms with E-state index in [9.17, 15) is 9.59 Å². The molecule has 0 heterocycles. The van der Waals surface area contributed by atoms with Gasteiger partial charge in [0.1, 0.15) is 12.4 Å². The van der Waals surface area contributed by atoms with Crippen LogP contribution in [0.2, 0.25) is 0 Å². The van der Waals surface area contributed by atoms with Gasteiger partial charge in [-0.1, -0.05) is 30.3 Å². The van der Waals surface area contributed by atoms with Crippen molar-refractivity contribution in [2.75, 3.05) is 12.4 Å². The molecule has 2 aromatic rings. The third-order valence-corrected chi connectivity index (χ3v) is 2.91. The van der Waals surface area contributed by atoms with Gasteiger partial charge in [-0.2, -0.15) is 0 Å². The molecule has 0 bridgehead atoms. The molecule has 108 valence electrons. The van der Waals surface area contributed by atoms with E-state index in [1.54, 1.807) is 37.4 Å². The number of amides is 1. The number of carbonyl (C=O) groups is 2. The Morgan fingerprint density at radius 1 is 1.14 bits per heavy atom. The molecule has 0 saturated carbocycles. The summed E-state index contributed by atoms with van der Waals surface area (Å²) >= 11 is 0. The molecule has 1 N–H and O–H groups in total. The minimum absolute atomic E-state index is 0.0955. The summed E-state index contributed by atoms with van der Waals surface area (Å²) in [6, 6.07) is 14.0. The SMILES string of the molecule is COc1ccccc1COC(=O)c1ccccc1NC=O. The van der Waals surface area contributed by atoms with E-state index in [-0.39, 0.29) is 6.61 Å². The van der Waals surface area contributed by atoms with Crippen LogP contribution < -0.4 is 10.1 Å². The van der Waals surface area contributed by atoms with E-state index in [1.165, 1.54) is 0 Å². The summed E-state index contributed by atoms with van der Waals surface area (Å²) in [5, 5.41) is 2.47. The number of rotatable bonds is 6. The summed E-state index contributed by atoms with van der Waals surface area (Å²) < 4.78 is 10.5. The van der Waals surface area contributed by atoms with E-state index in [0.29, 0.717) is 23.4 Å². The van der Waals surface area contributed by atoms with Gasteiger partial charge in [0.15, 0.2) is 0 Å². The second kappa shape index (κ2) is 7.09. The minimum atomic E-state index is -0.508. The van der Waals surface area contributed by atoms with Crippen molar-refractivity contribution < 1.29 is 19.1 Å². The number of methoxy groups -OCH3 is 1. The summed E-state index contributed by atoms with van der Waals surface area (Å²) in [5.74, 6) is 0.149. The number of ether oxygens (including phenoxy) is 2. The van der Waals surface area contributed by atoms with Crippen LogP contribution in [0.25, 0.3) is 0 Å². The van der Waals surface area contributed by atoms with Gasteiger partial charge in [0.05, 0.1) is 18.4 Å². The Morgan fingerprint density at radius 3 is 2.62 bits per heavy atom. The maximum absolute atomic E-state index is 12.1. The van der Waals surface area contributed by atoms with Crippen LogP contribution in [0.5, 0.6) is 5.75 Å². The lowest BCUT2D eigenvalue weighted by molar-refractivity contribution is -0.105. The monoisotopic (exact) mass is 285 g/mol. The van der Waals surface area contributed by atoms with Gasteiger partial charge in [0.25, 0.3) is 0 Å². The molecule has 0 atom stereocenters. The summed E-state index contributed by atoms with van der Waals surface area (Å²) in [7, 11) is 1.56. The first-order chi connectivity index (χ1) is 10.3. The third kappa shape index (κ3) is 3.60. The standard InChI is InChI=1S/C16H15NO4/c1-20-15-9-5-2-6-12(15)10-21-16(19)13-7-3-4-8-14(13)17-11-18/h2-9,11H,10H2,1H3,(H,17,18). The average molecular weight is 285 g/mol. The van der Waals surface area contributed by atoms with Crippen LogP contribution in [0.1, 0.15) is 15.9 Å². The molecule has 0 unspecified atom stereocenters. The van der Waals surface area contributed by atoms with Crippen molar-refractivity contribution in [2.24, 2.45) is 0 Å². The van der Waals surface area contributed by atoms with Crippen molar-refractivity contribution in [2.45, 2.75) is 6.61 Å². The fraction of sp³-hybridized carbons (Fsp3) is 0.125. The minimum Gasteiger partial charge on any atom is -0.496 e. The predicted octanol–water partition coefficient (Wildman–Crippen LogP) is 2.62. The molecule has 0 aromatic heterocycles. The maximum atomic E-state index is 12.1. The van der Waals surface area contributed by atoms with E-state index in [0.717, 1.165) is 5.56 Å². The number of anilines is 1. The summed E-state index contributed by atoms with van der Waals surface area (Å²) in [6.07, 6.45) is 0.520. The molecule has 21 heavy (non-hydrogen) atoms. The Bertz CT molecular complexity index is 640. The number of para-hydroxylation sites is 2. The first kappa shape index (κ1) is 14.6. The van der Waals surface area contributed by atoms with Crippen LogP contribution in [0.4, 0.5) is 5.69 Å². The van der Waals surface area contributed by atoms with Crippen LogP contribution in [0.3, 0.4) is 0 Å². The highest BCUT2D eigenvalue weighted by molar-refractivity contribution is 5.97. The van der Waals surface area contributed by atoms with Crippen molar-refractivity contribution in [1.82, 2.24) is 0 Å². The Kier molecular flexibility index (Phi) is 4.93. The zero-order chi connectivity index (χ0) is 15.1. The normalized spacial score (nSPS) is 9.76. The van der Waals surface area contributed by atoms with Gasteiger partial charge < -0.3 is 14.8 Å². The molecule has 0 aliphatic heterocycles. The molecule has 1 amide bonds. The van der Waals surface area contributed by atoms with Gasteiger partial charge in [-0.05, 0) is 18.2 Å². The first-order valence-electron chi connectivity index (χ1n) is 6.34. The van der Waals surface area contributed by atoms with Gasteiger partial charge >= 0.3 is 5.97 Å². The van der Waals surface area contributed by atoms with E-state index in [1.807, 2.05) is 18.2 Å². The van der Waals surface area contributed by atoms with Crippen LogP contribution in [0, 0.1) is 0 Å². The molecule has 0 saturated heterocycles. The molecule has 5 heteroatoms. The molecule has 5 nitrogen and oxygen atoms in total. The fourth-order valence-electron chi connectivity index (χ4n) is 1.89. The number of nitrogens with one attached hydrogen (secondary N) is 1. The van der Waals surface area contributed by atoms with Crippen molar-refractivity contribution in [3.8, 4) is 5.75 Å². The lowest BCUT2D eigenvalue weighted by atomic mass is 10.2. The Morgan fingerprint density at radius 2 is 1.86 bits per heavy atom. The lowest BCUT2D eigenvalue weighted by Crippen LogP contribution is -2.09. The quantitative estimate of drug-likeness (QED) is 0.654. The molecule has 0 aliphatic rings. The Labute approximate surface area is 122 Å². The van der Waals surface area contributed by atoms with E-state index >= 15 is 0 Å². The van der Waals surface area contributed by atoms with Gasteiger partial charge in [-0.3, -0.25) is 4.79 Å². The average Bonchev–Trinajstić information content (AvgIpc) is 2.53. The lowest BCUT2D eigenvalue weighted by Gasteiger charge is -2.10. The van der Waals surface area contributed by atoms with Gasteiger partial charge in [-0.15, -0.1) is 0 Å². The topological polar surface area (TPSA) is 64.6 Å². The van der Waals surface area contributed by atoms with Gasteiger partial charge in [0, 0.05) is 5.56 Å². The smallest absolute Gasteiger partial charge is 0.340 e. The van der Waals surface area contributed by atoms with Crippen LogP contribution in [0.15, 0.2) is 48.5 Å². The second-order valence-electron chi connectivity index (χ2n) is 4.20. The number of hydrogen-bond donors (Lipinski definition) is 1. The molecule has 2 aromatic carbocycles. The number of carbonyl (C=O) groups excluding carboxylic acids is 2. The van der Waals surface area contributed by atoms with E-state index in [4.69, 9.17) is 9.47 Å². The molecular weight excluding hydrogens is 270 g/mol. The third-order valence-electron chi connectivity index (χ3n) is 2.91. The van der Waals surface area contributed by atoms with E-state index < -0.39 is 5.97 Å². The molecule has 2 rings (SSSR count). The summed E-state index contributed by atoms with van der Waals surface area (Å²) in [6.45, 7) is 0.0955. The summed E-state index contributed by atoms with van der Waals surface area (Å²) in [5.41, 5.74) is 1.49. The summed E-state index contributed by atoms with van der Waals surface area (Å²) in [4.78, 5) is 22.6. The van der Waals surface area contributed by atoms with Gasteiger partial charge in [-0.25, -0.2) is 4.79 Å². The second-order valence-corrected chi connectivity index (χ2v) is 4.20. The highest BCUT2D eigenvalue weighted by Crippen LogP contribution is 2.20. The zero-order valence-corrected chi connectivity index (χ0v) is 11.5. The Balaban J connectivity index is 2.10. The molecule has 0 aliphatic carbocycles. The largest absolute Gasteiger partial charge is 0.496 e. The number of hydrogen-bond acceptors (Lipinski definition) is 4. The maximum Gasteiger partial charge on any atom is 0.340 e. The van der Waals surface area contributed by atoms with E-state index in [2.05, 4.69) is 5.32 Å². The predicted molar refractivity (Wildman–Crippen MR) is 78.2 cm³/mol. The fourth-order valence-corrected chi connectivity index (χ4v) is 1.89. The highest BCUT2D eigenvalue weighted by atomic mass is 16.5. The molecule has 0 radical (unpaired) electrons. The van der Waals surface area contributed by atoms with Crippen LogP contribution in [-0.4, -0.2) is 19.5 Å². The zero-order valence-electron chi connectivity index (χ0n) is 11.5. The molecule has 0 spiro atoms. The number of esters is 1. The van der Waals surface area contributed by atoms with Crippen molar-refractivity contribution in [1.29, 1.82) is 0 Å².